The molecule has 0 spiro atoms. The molecule has 3 heterocycles. The number of fused-ring (bicyclic) bond motifs is 2. The molecule has 4 heteroatoms. The number of hydrogen-bond acceptors (Lipinski definition) is 3. The molecule has 3 rings (SSSR count). The van der Waals surface area contributed by atoms with Crippen molar-refractivity contribution in [2.24, 2.45) is 11.8 Å². The first-order valence-electron chi connectivity index (χ1n) is 5.86. The fraction of sp³-hybridized carbons (Fsp3) is 0.583. The molecule has 2 atom stereocenters. The molecule has 0 radical (unpaired) electrons. The van der Waals surface area contributed by atoms with Gasteiger partial charge in [0.2, 0.25) is 0 Å². The maximum atomic E-state index is 12.2. The Morgan fingerprint density at radius 2 is 2.12 bits per heavy atom. The number of piperidine rings is 2. The third-order valence-corrected chi connectivity index (χ3v) is 4.37. The van der Waals surface area contributed by atoms with E-state index in [0.717, 1.165) is 31.1 Å². The lowest BCUT2D eigenvalue weighted by molar-refractivity contribution is 0.0542. The first-order valence-corrected chi connectivity index (χ1v) is 6.74. The van der Waals surface area contributed by atoms with Crippen LogP contribution in [0.5, 0.6) is 0 Å². The Balaban J connectivity index is 1.73. The summed E-state index contributed by atoms with van der Waals surface area (Å²) >= 11 is 1.55. The van der Waals surface area contributed by atoms with Crippen LogP contribution in [-0.2, 0) is 0 Å². The van der Waals surface area contributed by atoms with Crippen molar-refractivity contribution in [3.05, 3.63) is 22.4 Å². The number of thiophene rings is 1. The van der Waals surface area contributed by atoms with Gasteiger partial charge in [-0.05, 0) is 42.8 Å². The van der Waals surface area contributed by atoms with Crippen LogP contribution in [0.1, 0.15) is 16.1 Å². The van der Waals surface area contributed by atoms with Gasteiger partial charge in [0, 0.05) is 13.1 Å². The van der Waals surface area contributed by atoms with Crippen molar-refractivity contribution in [1.82, 2.24) is 10.2 Å². The normalized spacial score (nSPS) is 29.1. The zero-order valence-electron chi connectivity index (χ0n) is 9.19. The van der Waals surface area contributed by atoms with E-state index in [1.807, 2.05) is 22.4 Å². The molecule has 86 valence electrons. The fourth-order valence-electron chi connectivity index (χ4n) is 2.83. The Hall–Kier alpha value is -0.870. The highest BCUT2D eigenvalue weighted by molar-refractivity contribution is 7.12. The van der Waals surface area contributed by atoms with E-state index in [4.69, 9.17) is 0 Å². The lowest BCUT2D eigenvalue weighted by Crippen LogP contribution is -2.52. The third-order valence-electron chi connectivity index (χ3n) is 3.51. The van der Waals surface area contributed by atoms with Crippen LogP contribution in [0.15, 0.2) is 17.5 Å². The zero-order chi connectivity index (χ0) is 11.0. The Morgan fingerprint density at radius 3 is 2.75 bits per heavy atom. The summed E-state index contributed by atoms with van der Waals surface area (Å²) in [6, 6.07) is 3.87. The van der Waals surface area contributed by atoms with E-state index in [9.17, 15) is 4.79 Å². The molecule has 1 aromatic heterocycles. The number of nitrogens with zero attached hydrogens (tertiary/aromatic N) is 1. The molecule has 2 aliphatic rings. The molecule has 0 unspecified atom stereocenters. The Kier molecular flexibility index (Phi) is 2.69. The minimum atomic E-state index is 0.228. The summed E-state index contributed by atoms with van der Waals surface area (Å²) in [6.07, 6.45) is 1.29. The summed E-state index contributed by atoms with van der Waals surface area (Å²) in [7, 11) is 0. The van der Waals surface area contributed by atoms with Gasteiger partial charge in [-0.1, -0.05) is 6.07 Å². The molecule has 16 heavy (non-hydrogen) atoms. The van der Waals surface area contributed by atoms with Gasteiger partial charge < -0.3 is 10.2 Å². The van der Waals surface area contributed by atoms with Gasteiger partial charge in [0.1, 0.15) is 0 Å². The number of amides is 1. The van der Waals surface area contributed by atoms with Crippen molar-refractivity contribution >= 4 is 17.2 Å². The summed E-state index contributed by atoms with van der Waals surface area (Å²) in [5.41, 5.74) is 0. The van der Waals surface area contributed by atoms with E-state index >= 15 is 0 Å². The van der Waals surface area contributed by atoms with Crippen LogP contribution in [0.2, 0.25) is 0 Å². The Bertz CT molecular complexity index is 364. The van der Waals surface area contributed by atoms with Crippen LogP contribution in [0.25, 0.3) is 0 Å². The standard InChI is InChI=1S/C12H16N2OS/c15-12(11-2-1-3-16-11)14-7-9-4-10(8-14)6-13-5-9/h1-3,9-10,13H,4-8H2/t9-,10+. The second-order valence-corrected chi connectivity index (χ2v) is 5.76. The van der Waals surface area contributed by atoms with E-state index < -0.39 is 0 Å². The molecule has 1 amide bonds. The topological polar surface area (TPSA) is 32.3 Å². The molecule has 0 aromatic carbocycles. The lowest BCUT2D eigenvalue weighted by Gasteiger charge is -2.41. The summed E-state index contributed by atoms with van der Waals surface area (Å²) < 4.78 is 0. The van der Waals surface area contributed by atoms with Crippen LogP contribution < -0.4 is 5.32 Å². The van der Waals surface area contributed by atoms with Gasteiger partial charge in [-0.3, -0.25) is 4.79 Å². The maximum absolute atomic E-state index is 12.2. The number of nitrogens with one attached hydrogen (secondary N) is 1. The van der Waals surface area contributed by atoms with Gasteiger partial charge in [0.25, 0.3) is 5.91 Å². The van der Waals surface area contributed by atoms with Gasteiger partial charge >= 0.3 is 0 Å². The lowest BCUT2D eigenvalue weighted by atomic mass is 9.86. The smallest absolute Gasteiger partial charge is 0.263 e. The van der Waals surface area contributed by atoms with Crippen LogP contribution in [0.4, 0.5) is 0 Å². The summed E-state index contributed by atoms with van der Waals surface area (Å²) in [6.45, 7) is 4.01. The first-order chi connectivity index (χ1) is 7.83. The monoisotopic (exact) mass is 236 g/mol. The summed E-state index contributed by atoms with van der Waals surface area (Å²) in [5, 5.41) is 5.42. The van der Waals surface area contributed by atoms with Crippen molar-refractivity contribution in [3.8, 4) is 0 Å². The third kappa shape index (κ3) is 1.87. The molecule has 3 nitrogen and oxygen atoms in total. The van der Waals surface area contributed by atoms with Crippen molar-refractivity contribution in [3.63, 3.8) is 0 Å². The molecule has 1 N–H and O–H groups in total. The Morgan fingerprint density at radius 1 is 1.38 bits per heavy atom. The molecule has 2 aliphatic heterocycles. The van der Waals surface area contributed by atoms with Gasteiger partial charge in [0.05, 0.1) is 4.88 Å². The number of carbonyl (C=O) groups excluding carboxylic acids is 1. The highest BCUT2D eigenvalue weighted by atomic mass is 32.1. The van der Waals surface area contributed by atoms with Gasteiger partial charge in [-0.2, -0.15) is 0 Å². The number of rotatable bonds is 1. The predicted octanol–water partition coefficient (Wildman–Crippen LogP) is 1.43. The first kappa shape index (κ1) is 10.3. The quantitative estimate of drug-likeness (QED) is 0.800. The largest absolute Gasteiger partial charge is 0.337 e. The van der Waals surface area contributed by atoms with Crippen LogP contribution in [0, 0.1) is 11.8 Å². The summed E-state index contributed by atoms with van der Waals surface area (Å²) in [4.78, 5) is 15.1. The minimum Gasteiger partial charge on any atom is -0.337 e. The van der Waals surface area contributed by atoms with E-state index in [0.29, 0.717) is 11.8 Å². The number of likely N-dealkylation sites (tertiary alicyclic amines) is 1. The molecule has 2 fully saturated rings. The minimum absolute atomic E-state index is 0.228. The van der Waals surface area contributed by atoms with E-state index in [2.05, 4.69) is 5.32 Å². The van der Waals surface area contributed by atoms with Gasteiger partial charge in [-0.15, -0.1) is 11.3 Å². The van der Waals surface area contributed by atoms with Crippen molar-refractivity contribution in [2.75, 3.05) is 26.2 Å². The highest BCUT2D eigenvalue weighted by Crippen LogP contribution is 2.26. The van der Waals surface area contributed by atoms with Crippen LogP contribution >= 0.6 is 11.3 Å². The molecule has 2 bridgehead atoms. The van der Waals surface area contributed by atoms with E-state index in [1.54, 1.807) is 11.3 Å². The molecule has 0 aliphatic carbocycles. The van der Waals surface area contributed by atoms with E-state index in [-0.39, 0.29) is 5.91 Å². The molecule has 1 aromatic rings. The number of hydrogen-bond donors (Lipinski definition) is 1. The summed E-state index contributed by atoms with van der Waals surface area (Å²) in [5.74, 6) is 1.56. The molecule has 2 saturated heterocycles. The number of carbonyl (C=O) groups is 1. The van der Waals surface area contributed by atoms with E-state index in [1.165, 1.54) is 6.42 Å². The van der Waals surface area contributed by atoms with Crippen molar-refractivity contribution < 1.29 is 4.79 Å². The Labute approximate surface area is 99.5 Å². The molecule has 0 saturated carbocycles. The van der Waals surface area contributed by atoms with Crippen LogP contribution in [0.3, 0.4) is 0 Å². The fourth-order valence-corrected chi connectivity index (χ4v) is 3.52. The van der Waals surface area contributed by atoms with Crippen molar-refractivity contribution in [2.45, 2.75) is 6.42 Å². The predicted molar refractivity (Wildman–Crippen MR) is 64.7 cm³/mol. The SMILES string of the molecule is O=C(c1cccs1)N1C[C@@H]2CNC[C@@H](C2)C1. The van der Waals surface area contributed by atoms with Gasteiger partial charge in [0.15, 0.2) is 0 Å². The zero-order valence-corrected chi connectivity index (χ0v) is 10.0. The highest BCUT2D eigenvalue weighted by Gasteiger charge is 2.32. The average Bonchev–Trinajstić information content (AvgIpc) is 2.81. The van der Waals surface area contributed by atoms with Gasteiger partial charge in [-0.25, -0.2) is 0 Å². The second kappa shape index (κ2) is 4.18. The average molecular weight is 236 g/mol. The molecular weight excluding hydrogens is 220 g/mol. The van der Waals surface area contributed by atoms with Crippen molar-refractivity contribution in [1.29, 1.82) is 0 Å². The maximum Gasteiger partial charge on any atom is 0.263 e. The molecular formula is C12H16N2OS. The second-order valence-electron chi connectivity index (χ2n) is 4.81. The van der Waals surface area contributed by atoms with Crippen LogP contribution in [-0.4, -0.2) is 37.0 Å².